The Morgan fingerprint density at radius 3 is 2.88 bits per heavy atom. The summed E-state index contributed by atoms with van der Waals surface area (Å²) >= 11 is 5.03. The molecule has 2 nitrogen and oxygen atoms in total. The van der Waals surface area contributed by atoms with Gasteiger partial charge in [-0.3, -0.25) is 0 Å². The standard InChI is InChI=1S/C12H7BrN2S/c13-12-14-6-5-10(15-12)9-7-16-11-4-2-1-3-8(9)11/h1-7H. The Bertz CT molecular complexity index is 648. The highest BCUT2D eigenvalue weighted by atomic mass is 79.9. The molecule has 0 aliphatic carbocycles. The number of halogens is 1. The van der Waals surface area contributed by atoms with Gasteiger partial charge in [0.05, 0.1) is 5.69 Å². The quantitative estimate of drug-likeness (QED) is 0.630. The van der Waals surface area contributed by atoms with Crippen LogP contribution in [0.1, 0.15) is 0 Å². The van der Waals surface area contributed by atoms with Crippen LogP contribution in [0.25, 0.3) is 21.3 Å². The first-order valence-corrected chi connectivity index (χ1v) is 6.47. The molecule has 0 radical (unpaired) electrons. The van der Waals surface area contributed by atoms with Gasteiger partial charge >= 0.3 is 0 Å². The minimum absolute atomic E-state index is 0.625. The average Bonchev–Trinajstić information content (AvgIpc) is 2.72. The lowest BCUT2D eigenvalue weighted by molar-refractivity contribution is 1.12. The first kappa shape index (κ1) is 9.93. The molecule has 2 aromatic heterocycles. The van der Waals surface area contributed by atoms with Gasteiger partial charge in [-0.2, -0.15) is 0 Å². The molecule has 3 rings (SSSR count). The minimum atomic E-state index is 0.625. The van der Waals surface area contributed by atoms with E-state index in [0.717, 1.165) is 5.69 Å². The van der Waals surface area contributed by atoms with Gasteiger partial charge in [-0.15, -0.1) is 11.3 Å². The molecular weight excluding hydrogens is 284 g/mol. The summed E-state index contributed by atoms with van der Waals surface area (Å²) in [6, 6.07) is 10.3. The monoisotopic (exact) mass is 290 g/mol. The van der Waals surface area contributed by atoms with Crippen molar-refractivity contribution in [2.45, 2.75) is 0 Å². The zero-order valence-electron chi connectivity index (χ0n) is 8.22. The second-order valence-corrected chi connectivity index (χ2v) is 4.98. The summed E-state index contributed by atoms with van der Waals surface area (Å²) in [6.45, 7) is 0. The molecule has 0 amide bonds. The van der Waals surface area contributed by atoms with Crippen LogP contribution in [0.5, 0.6) is 0 Å². The fourth-order valence-electron chi connectivity index (χ4n) is 1.66. The van der Waals surface area contributed by atoms with Crippen LogP contribution in [0.15, 0.2) is 46.6 Å². The summed E-state index contributed by atoms with van der Waals surface area (Å²) in [5, 5.41) is 3.39. The number of fused-ring (bicyclic) bond motifs is 1. The third-order valence-electron chi connectivity index (χ3n) is 2.38. The van der Waals surface area contributed by atoms with Crippen molar-refractivity contribution in [1.82, 2.24) is 9.97 Å². The fourth-order valence-corrected chi connectivity index (χ4v) is 2.92. The normalized spacial score (nSPS) is 10.8. The Morgan fingerprint density at radius 1 is 1.12 bits per heavy atom. The van der Waals surface area contributed by atoms with Crippen molar-refractivity contribution in [3.8, 4) is 11.3 Å². The van der Waals surface area contributed by atoms with Crippen LogP contribution in [0.2, 0.25) is 0 Å². The van der Waals surface area contributed by atoms with Crippen molar-refractivity contribution >= 4 is 37.4 Å². The number of nitrogens with zero attached hydrogens (tertiary/aromatic N) is 2. The highest BCUT2D eigenvalue weighted by Gasteiger charge is 2.07. The van der Waals surface area contributed by atoms with E-state index in [1.54, 1.807) is 17.5 Å². The van der Waals surface area contributed by atoms with Gasteiger partial charge in [0, 0.05) is 27.2 Å². The van der Waals surface area contributed by atoms with Crippen molar-refractivity contribution in [3.05, 3.63) is 46.6 Å². The molecule has 0 unspecified atom stereocenters. The molecule has 78 valence electrons. The van der Waals surface area contributed by atoms with E-state index in [0.29, 0.717) is 4.73 Å². The topological polar surface area (TPSA) is 25.8 Å². The average molecular weight is 291 g/mol. The number of hydrogen-bond acceptors (Lipinski definition) is 3. The molecule has 4 heteroatoms. The molecule has 16 heavy (non-hydrogen) atoms. The van der Waals surface area contributed by atoms with Gasteiger partial charge in [0.25, 0.3) is 0 Å². The van der Waals surface area contributed by atoms with Crippen LogP contribution < -0.4 is 0 Å². The Balaban J connectivity index is 2.26. The van der Waals surface area contributed by atoms with Gasteiger partial charge in [-0.05, 0) is 28.1 Å². The first-order valence-electron chi connectivity index (χ1n) is 4.80. The van der Waals surface area contributed by atoms with Crippen molar-refractivity contribution in [3.63, 3.8) is 0 Å². The minimum Gasteiger partial charge on any atom is -0.231 e. The molecule has 0 aliphatic rings. The Morgan fingerprint density at radius 2 is 2.00 bits per heavy atom. The van der Waals surface area contributed by atoms with Gasteiger partial charge in [-0.1, -0.05) is 18.2 Å². The second kappa shape index (κ2) is 3.96. The van der Waals surface area contributed by atoms with Gasteiger partial charge < -0.3 is 0 Å². The van der Waals surface area contributed by atoms with Gasteiger partial charge in [0.2, 0.25) is 0 Å². The molecule has 0 aliphatic heterocycles. The van der Waals surface area contributed by atoms with Crippen LogP contribution >= 0.6 is 27.3 Å². The molecule has 0 fully saturated rings. The summed E-state index contributed by atoms with van der Waals surface area (Å²) < 4.78 is 1.91. The number of thiophene rings is 1. The molecule has 0 bridgehead atoms. The Labute approximate surface area is 105 Å². The number of hydrogen-bond donors (Lipinski definition) is 0. The first-order chi connectivity index (χ1) is 7.84. The molecule has 0 atom stereocenters. The van der Waals surface area contributed by atoms with Crippen molar-refractivity contribution in [1.29, 1.82) is 0 Å². The molecule has 0 saturated carbocycles. The number of rotatable bonds is 1. The molecule has 0 saturated heterocycles. The lowest BCUT2D eigenvalue weighted by Gasteiger charge is -1.98. The van der Waals surface area contributed by atoms with E-state index in [1.807, 2.05) is 6.07 Å². The van der Waals surface area contributed by atoms with Crippen LogP contribution in [0, 0.1) is 0 Å². The van der Waals surface area contributed by atoms with E-state index in [1.165, 1.54) is 15.6 Å². The highest BCUT2D eigenvalue weighted by molar-refractivity contribution is 9.10. The van der Waals surface area contributed by atoms with Crippen LogP contribution in [-0.4, -0.2) is 9.97 Å². The van der Waals surface area contributed by atoms with Gasteiger partial charge in [-0.25, -0.2) is 9.97 Å². The van der Waals surface area contributed by atoms with E-state index in [2.05, 4.69) is 55.5 Å². The maximum absolute atomic E-state index is 4.38. The predicted octanol–water partition coefficient (Wildman–Crippen LogP) is 4.12. The second-order valence-electron chi connectivity index (χ2n) is 3.36. The maximum Gasteiger partial charge on any atom is 0.197 e. The summed E-state index contributed by atoms with van der Waals surface area (Å²) in [4.78, 5) is 8.42. The maximum atomic E-state index is 4.38. The largest absolute Gasteiger partial charge is 0.231 e. The molecule has 0 N–H and O–H groups in total. The molecule has 1 aromatic carbocycles. The zero-order chi connectivity index (χ0) is 11.0. The Kier molecular flexibility index (Phi) is 2.46. The lowest BCUT2D eigenvalue weighted by atomic mass is 10.1. The molecule has 2 heterocycles. The van der Waals surface area contributed by atoms with Crippen LogP contribution in [0.4, 0.5) is 0 Å². The summed E-state index contributed by atoms with van der Waals surface area (Å²) in [5.41, 5.74) is 2.13. The Hall–Kier alpha value is -1.26. The predicted molar refractivity (Wildman–Crippen MR) is 70.6 cm³/mol. The van der Waals surface area contributed by atoms with Gasteiger partial charge in [0.15, 0.2) is 4.73 Å². The van der Waals surface area contributed by atoms with Crippen LogP contribution in [-0.2, 0) is 0 Å². The lowest BCUT2D eigenvalue weighted by Crippen LogP contribution is -1.85. The molecular formula is C12H7BrN2S. The third kappa shape index (κ3) is 1.64. The molecule has 3 aromatic rings. The summed E-state index contributed by atoms with van der Waals surface area (Å²) in [5.74, 6) is 0. The van der Waals surface area contributed by atoms with E-state index in [-0.39, 0.29) is 0 Å². The number of benzene rings is 1. The van der Waals surface area contributed by atoms with E-state index < -0.39 is 0 Å². The number of aromatic nitrogens is 2. The van der Waals surface area contributed by atoms with Crippen molar-refractivity contribution < 1.29 is 0 Å². The summed E-state index contributed by atoms with van der Waals surface area (Å²) in [6.07, 6.45) is 1.76. The third-order valence-corrected chi connectivity index (χ3v) is 3.73. The smallest absolute Gasteiger partial charge is 0.197 e. The van der Waals surface area contributed by atoms with Crippen LogP contribution in [0.3, 0.4) is 0 Å². The van der Waals surface area contributed by atoms with Crippen molar-refractivity contribution in [2.24, 2.45) is 0 Å². The SMILES string of the molecule is Brc1nccc(-c2csc3ccccc23)n1. The van der Waals surface area contributed by atoms with E-state index >= 15 is 0 Å². The van der Waals surface area contributed by atoms with Gasteiger partial charge in [0.1, 0.15) is 0 Å². The summed E-state index contributed by atoms with van der Waals surface area (Å²) in [7, 11) is 0. The van der Waals surface area contributed by atoms with E-state index in [4.69, 9.17) is 0 Å². The van der Waals surface area contributed by atoms with E-state index in [9.17, 15) is 0 Å². The zero-order valence-corrected chi connectivity index (χ0v) is 10.6. The fraction of sp³-hybridized carbons (Fsp3) is 0. The highest BCUT2D eigenvalue weighted by Crippen LogP contribution is 2.32. The van der Waals surface area contributed by atoms with Crippen molar-refractivity contribution in [2.75, 3.05) is 0 Å². The molecule has 0 spiro atoms.